The molecule has 0 aliphatic heterocycles. The molecular weight excluding hydrogens is 358 g/mol. The molecule has 0 saturated carbocycles. The second-order valence-corrected chi connectivity index (χ2v) is 9.95. The average molecular weight is 388 g/mol. The second-order valence-electron chi connectivity index (χ2n) is 8.98. The van der Waals surface area contributed by atoms with Gasteiger partial charge >= 0.3 is 0 Å². The minimum absolute atomic E-state index is 0.0877. The summed E-state index contributed by atoms with van der Waals surface area (Å²) < 4.78 is 1.78. The number of ketones is 2. The number of Topliss-reactive ketones (excluding diaryl/α,β-unsaturated/α-hetero) is 1. The minimum atomic E-state index is -0.288. The maximum absolute atomic E-state index is 13.1. The van der Waals surface area contributed by atoms with Gasteiger partial charge in [0.05, 0.1) is 5.75 Å². The number of phenolic OH excluding ortho intramolecular Hbond substituents is 1. The third kappa shape index (κ3) is 5.04. The average Bonchev–Trinajstić information content (AvgIpc) is 2.99. The van der Waals surface area contributed by atoms with Crippen molar-refractivity contribution in [2.24, 2.45) is 0 Å². The molecule has 0 fully saturated rings. The van der Waals surface area contributed by atoms with Crippen LogP contribution >= 0.6 is 11.9 Å². The van der Waals surface area contributed by atoms with Gasteiger partial charge in [0.15, 0.2) is 5.78 Å². The summed E-state index contributed by atoms with van der Waals surface area (Å²) >= 11 is 1.35. The fourth-order valence-electron chi connectivity index (χ4n) is 2.83. The van der Waals surface area contributed by atoms with Crippen molar-refractivity contribution in [3.8, 4) is 5.75 Å². The number of hydrogen-bond acceptors (Lipinski definition) is 4. The summed E-state index contributed by atoms with van der Waals surface area (Å²) in [6.07, 6.45) is 3.53. The van der Waals surface area contributed by atoms with Crippen molar-refractivity contribution >= 4 is 23.5 Å². The first kappa shape index (κ1) is 21.3. The SMILES string of the molecule is CC(=O)CSn1ccc(C(=O)c2cc(C(C)(C)C)c(O)c(C(C)(C)C)c2)c1. The van der Waals surface area contributed by atoms with Crippen LogP contribution in [0.2, 0.25) is 0 Å². The monoisotopic (exact) mass is 387 g/mol. The molecule has 0 radical (unpaired) electrons. The van der Waals surface area contributed by atoms with Gasteiger partial charge in [-0.05, 0) is 47.9 Å². The zero-order valence-electron chi connectivity index (χ0n) is 17.2. The van der Waals surface area contributed by atoms with Gasteiger partial charge in [0.2, 0.25) is 0 Å². The van der Waals surface area contributed by atoms with E-state index in [2.05, 4.69) is 0 Å². The third-order valence-corrected chi connectivity index (χ3v) is 5.40. The lowest BCUT2D eigenvalue weighted by Gasteiger charge is -2.28. The summed E-state index contributed by atoms with van der Waals surface area (Å²) in [5.41, 5.74) is 2.09. The highest BCUT2D eigenvalue weighted by atomic mass is 32.2. The quantitative estimate of drug-likeness (QED) is 0.725. The van der Waals surface area contributed by atoms with E-state index in [1.165, 1.54) is 11.9 Å². The predicted molar refractivity (Wildman–Crippen MR) is 112 cm³/mol. The fourth-order valence-corrected chi connectivity index (χ4v) is 3.50. The predicted octanol–water partition coefficient (Wildman–Crippen LogP) is 5.11. The molecule has 146 valence electrons. The molecule has 1 N–H and O–H groups in total. The van der Waals surface area contributed by atoms with Gasteiger partial charge in [0.25, 0.3) is 0 Å². The van der Waals surface area contributed by atoms with Crippen molar-refractivity contribution < 1.29 is 14.7 Å². The van der Waals surface area contributed by atoms with Gasteiger partial charge in [0.1, 0.15) is 11.5 Å². The summed E-state index contributed by atoms with van der Waals surface area (Å²) in [6.45, 7) is 13.7. The zero-order chi connectivity index (χ0) is 20.6. The zero-order valence-corrected chi connectivity index (χ0v) is 18.0. The van der Waals surface area contributed by atoms with E-state index in [1.807, 2.05) is 41.5 Å². The lowest BCUT2D eigenvalue weighted by atomic mass is 9.78. The van der Waals surface area contributed by atoms with Crippen LogP contribution in [0, 0.1) is 0 Å². The molecule has 0 bridgehead atoms. The maximum Gasteiger partial charge on any atom is 0.194 e. The Kier molecular flexibility index (Phi) is 5.95. The Morgan fingerprint density at radius 3 is 1.96 bits per heavy atom. The summed E-state index contributed by atoms with van der Waals surface area (Å²) in [7, 11) is 0. The molecule has 1 aromatic heterocycles. The van der Waals surface area contributed by atoms with Crippen LogP contribution in [0.25, 0.3) is 0 Å². The molecule has 1 heterocycles. The van der Waals surface area contributed by atoms with Gasteiger partial charge < -0.3 is 5.11 Å². The molecule has 4 nitrogen and oxygen atoms in total. The molecule has 2 rings (SSSR count). The highest BCUT2D eigenvalue weighted by molar-refractivity contribution is 7.98. The number of aromatic nitrogens is 1. The van der Waals surface area contributed by atoms with Crippen LogP contribution in [-0.2, 0) is 15.6 Å². The number of rotatable bonds is 5. The maximum atomic E-state index is 13.1. The van der Waals surface area contributed by atoms with Crippen molar-refractivity contribution in [1.82, 2.24) is 3.97 Å². The lowest BCUT2D eigenvalue weighted by Crippen LogP contribution is -2.19. The molecule has 0 amide bonds. The molecule has 0 spiro atoms. The van der Waals surface area contributed by atoms with Gasteiger partial charge in [-0.3, -0.25) is 13.6 Å². The van der Waals surface area contributed by atoms with Crippen molar-refractivity contribution in [3.63, 3.8) is 0 Å². The van der Waals surface area contributed by atoms with Gasteiger partial charge in [-0.15, -0.1) is 0 Å². The standard InChI is InChI=1S/C22H29NO3S/c1-14(24)13-27-23-9-8-15(12-23)19(25)16-10-17(21(2,3)4)20(26)18(11-16)22(5,6)7/h8-12,26H,13H2,1-7H3. The molecule has 1 aromatic carbocycles. The summed E-state index contributed by atoms with van der Waals surface area (Å²) in [5, 5.41) is 10.8. The molecule has 0 unspecified atom stereocenters. The van der Waals surface area contributed by atoms with Crippen LogP contribution in [0.5, 0.6) is 5.75 Å². The van der Waals surface area contributed by atoms with Crippen molar-refractivity contribution in [1.29, 1.82) is 0 Å². The largest absolute Gasteiger partial charge is 0.507 e. The normalized spacial score (nSPS) is 12.3. The molecule has 0 atom stereocenters. The van der Waals surface area contributed by atoms with Gasteiger partial charge in [0, 0.05) is 34.6 Å². The first-order valence-corrected chi connectivity index (χ1v) is 9.98. The Labute approximate surface area is 166 Å². The Balaban J connectivity index is 2.48. The van der Waals surface area contributed by atoms with E-state index in [1.54, 1.807) is 41.5 Å². The Hall–Kier alpha value is -2.01. The van der Waals surface area contributed by atoms with Gasteiger partial charge in [-0.1, -0.05) is 41.5 Å². The number of phenols is 1. The fraction of sp³-hybridized carbons (Fsp3) is 0.455. The molecule has 2 aromatic rings. The van der Waals surface area contributed by atoms with Gasteiger partial charge in [-0.25, -0.2) is 0 Å². The topological polar surface area (TPSA) is 59.3 Å². The minimum Gasteiger partial charge on any atom is -0.507 e. The highest BCUT2D eigenvalue weighted by Gasteiger charge is 2.28. The van der Waals surface area contributed by atoms with Crippen molar-refractivity contribution in [2.45, 2.75) is 59.3 Å². The van der Waals surface area contributed by atoms with E-state index < -0.39 is 0 Å². The summed E-state index contributed by atoms with van der Waals surface area (Å²) in [4.78, 5) is 24.2. The van der Waals surface area contributed by atoms with Crippen LogP contribution < -0.4 is 0 Å². The van der Waals surface area contributed by atoms with Crippen LogP contribution in [0.3, 0.4) is 0 Å². The number of aromatic hydroxyl groups is 1. The molecule has 5 heteroatoms. The van der Waals surface area contributed by atoms with E-state index in [0.29, 0.717) is 16.9 Å². The van der Waals surface area contributed by atoms with E-state index in [-0.39, 0.29) is 28.1 Å². The number of carbonyl (C=O) groups excluding carboxylic acids is 2. The van der Waals surface area contributed by atoms with Gasteiger partial charge in [-0.2, -0.15) is 0 Å². The van der Waals surface area contributed by atoms with Crippen LogP contribution in [0.15, 0.2) is 30.6 Å². The number of benzene rings is 1. The first-order chi connectivity index (χ1) is 12.3. The third-order valence-electron chi connectivity index (χ3n) is 4.33. The number of nitrogens with zero attached hydrogens (tertiary/aromatic N) is 1. The number of hydrogen-bond donors (Lipinski definition) is 1. The van der Waals surface area contributed by atoms with Crippen molar-refractivity contribution in [2.75, 3.05) is 5.75 Å². The van der Waals surface area contributed by atoms with E-state index in [0.717, 1.165) is 11.1 Å². The number of carbonyl (C=O) groups is 2. The van der Waals surface area contributed by atoms with Crippen molar-refractivity contribution in [3.05, 3.63) is 52.8 Å². The molecule has 0 aliphatic rings. The molecule has 0 saturated heterocycles. The highest BCUT2D eigenvalue weighted by Crippen LogP contribution is 2.40. The van der Waals surface area contributed by atoms with Crippen LogP contribution in [-0.4, -0.2) is 26.4 Å². The lowest BCUT2D eigenvalue weighted by molar-refractivity contribution is -0.114. The Bertz CT molecular complexity index is 831. The van der Waals surface area contributed by atoms with Crippen LogP contribution in [0.1, 0.15) is 75.5 Å². The Morgan fingerprint density at radius 2 is 1.52 bits per heavy atom. The van der Waals surface area contributed by atoms with E-state index >= 15 is 0 Å². The summed E-state index contributed by atoms with van der Waals surface area (Å²) in [5.74, 6) is 0.628. The molecule has 0 aliphatic carbocycles. The molecular formula is C22H29NO3S. The van der Waals surface area contributed by atoms with E-state index in [9.17, 15) is 14.7 Å². The smallest absolute Gasteiger partial charge is 0.194 e. The molecule has 27 heavy (non-hydrogen) atoms. The second kappa shape index (κ2) is 7.55. The Morgan fingerprint density at radius 1 is 1.00 bits per heavy atom. The van der Waals surface area contributed by atoms with E-state index in [4.69, 9.17) is 0 Å². The first-order valence-electron chi connectivity index (χ1n) is 9.04. The summed E-state index contributed by atoms with van der Waals surface area (Å²) in [6, 6.07) is 5.36. The van der Waals surface area contributed by atoms with Crippen LogP contribution in [0.4, 0.5) is 0 Å².